The summed E-state index contributed by atoms with van der Waals surface area (Å²) in [6, 6.07) is 8.45. The summed E-state index contributed by atoms with van der Waals surface area (Å²) >= 11 is 0. The molecule has 1 aliphatic heterocycles. The second-order valence-corrected chi connectivity index (χ2v) is 7.68. The molecule has 0 N–H and O–H groups in total. The molecule has 4 aromatic rings. The predicted octanol–water partition coefficient (Wildman–Crippen LogP) is 4.07. The third kappa shape index (κ3) is 3.24. The molecule has 0 bridgehead atoms. The molecule has 0 spiro atoms. The summed E-state index contributed by atoms with van der Waals surface area (Å²) in [6.07, 6.45) is 3.75. The Labute approximate surface area is 177 Å². The number of carbonyl (C=O) groups excluding carboxylic acids is 1. The minimum Gasteiger partial charge on any atom is -0.330 e. The summed E-state index contributed by atoms with van der Waals surface area (Å²) in [4.78, 5) is 23.5. The molecule has 0 saturated carbocycles. The minimum absolute atomic E-state index is 0.116. The molecule has 31 heavy (non-hydrogen) atoms. The van der Waals surface area contributed by atoms with E-state index in [0.29, 0.717) is 35.3 Å². The van der Waals surface area contributed by atoms with E-state index in [2.05, 4.69) is 15.1 Å². The zero-order valence-corrected chi connectivity index (χ0v) is 17.0. The molecule has 1 unspecified atom stereocenters. The Morgan fingerprint density at radius 1 is 1.03 bits per heavy atom. The third-order valence-corrected chi connectivity index (χ3v) is 5.76. The molecule has 5 rings (SSSR count). The van der Waals surface area contributed by atoms with Crippen LogP contribution in [-0.2, 0) is 13.5 Å². The molecule has 156 valence electrons. The number of benzene rings is 2. The quantitative estimate of drug-likeness (QED) is 0.491. The molecule has 8 heteroatoms. The maximum absolute atomic E-state index is 13.8. The van der Waals surface area contributed by atoms with Crippen molar-refractivity contribution >= 4 is 16.9 Å². The van der Waals surface area contributed by atoms with Crippen molar-refractivity contribution in [2.75, 3.05) is 6.54 Å². The normalized spacial score (nSPS) is 15.9. The van der Waals surface area contributed by atoms with E-state index in [0.717, 1.165) is 22.8 Å². The summed E-state index contributed by atoms with van der Waals surface area (Å²) in [7, 11) is 1.75. The molecular formula is C23H19F2N5O. The zero-order chi connectivity index (χ0) is 21.7. The van der Waals surface area contributed by atoms with Crippen LogP contribution in [0.15, 0.2) is 48.8 Å². The Morgan fingerprint density at radius 2 is 1.74 bits per heavy atom. The van der Waals surface area contributed by atoms with Crippen LogP contribution in [0.4, 0.5) is 8.78 Å². The number of carbonyl (C=O) groups is 1. The number of rotatable bonds is 2. The van der Waals surface area contributed by atoms with E-state index in [4.69, 9.17) is 0 Å². The van der Waals surface area contributed by atoms with Crippen LogP contribution >= 0.6 is 0 Å². The number of aryl methyl sites for hydroxylation is 1. The van der Waals surface area contributed by atoms with Crippen LogP contribution < -0.4 is 0 Å². The molecule has 1 amide bonds. The summed E-state index contributed by atoms with van der Waals surface area (Å²) in [5.74, 6) is -1.38. The number of nitrogens with zero attached hydrogens (tertiary/aromatic N) is 5. The van der Waals surface area contributed by atoms with Gasteiger partial charge in [-0.05, 0) is 43.7 Å². The number of halogens is 2. The Balaban J connectivity index is 1.50. The molecule has 3 heterocycles. The van der Waals surface area contributed by atoms with Crippen molar-refractivity contribution in [3.8, 4) is 11.3 Å². The van der Waals surface area contributed by atoms with Gasteiger partial charge in [0.1, 0.15) is 11.6 Å². The SMILES string of the molecule is CC1c2nn(C)c(-c3cc(F)cc(F)c3)c2CCN1C(=O)c1ccc2nccnc2c1. The fourth-order valence-corrected chi connectivity index (χ4v) is 4.34. The van der Waals surface area contributed by atoms with Crippen LogP contribution in [0.3, 0.4) is 0 Å². The topological polar surface area (TPSA) is 63.9 Å². The van der Waals surface area contributed by atoms with Gasteiger partial charge >= 0.3 is 0 Å². The van der Waals surface area contributed by atoms with E-state index in [9.17, 15) is 13.6 Å². The van der Waals surface area contributed by atoms with Gasteiger partial charge in [-0.3, -0.25) is 19.4 Å². The molecule has 0 aliphatic carbocycles. The number of fused-ring (bicyclic) bond motifs is 2. The van der Waals surface area contributed by atoms with Crippen molar-refractivity contribution in [1.29, 1.82) is 0 Å². The standard InChI is InChI=1S/C23H19F2N5O/c1-13-21-18(22(29(2)28-21)15-9-16(24)12-17(25)10-15)5-8-30(13)23(31)14-3-4-19-20(11-14)27-7-6-26-19/h3-4,6-7,9-13H,5,8H2,1-2H3. The third-order valence-electron chi connectivity index (χ3n) is 5.76. The summed E-state index contributed by atoms with van der Waals surface area (Å²) in [5, 5.41) is 4.60. The lowest BCUT2D eigenvalue weighted by Crippen LogP contribution is -2.38. The Bertz CT molecular complexity index is 1310. The second kappa shape index (κ2) is 7.23. The lowest BCUT2D eigenvalue weighted by molar-refractivity contribution is 0.0674. The van der Waals surface area contributed by atoms with Crippen LogP contribution in [0.5, 0.6) is 0 Å². The molecule has 0 saturated heterocycles. The van der Waals surface area contributed by atoms with Gasteiger partial charge in [-0.25, -0.2) is 8.78 Å². The van der Waals surface area contributed by atoms with E-state index < -0.39 is 11.6 Å². The number of aromatic nitrogens is 4. The van der Waals surface area contributed by atoms with E-state index in [1.54, 1.807) is 47.2 Å². The van der Waals surface area contributed by atoms with Gasteiger partial charge in [-0.15, -0.1) is 0 Å². The Hall–Kier alpha value is -3.68. The summed E-state index contributed by atoms with van der Waals surface area (Å²) in [5.41, 5.74) is 4.68. The van der Waals surface area contributed by atoms with Gasteiger partial charge in [0, 0.05) is 48.7 Å². The number of hydrogen-bond acceptors (Lipinski definition) is 4. The van der Waals surface area contributed by atoms with Crippen molar-refractivity contribution in [3.63, 3.8) is 0 Å². The van der Waals surface area contributed by atoms with Gasteiger partial charge in [-0.2, -0.15) is 5.10 Å². The lowest BCUT2D eigenvalue weighted by atomic mass is 9.95. The smallest absolute Gasteiger partial charge is 0.254 e. The number of hydrogen-bond donors (Lipinski definition) is 0. The zero-order valence-electron chi connectivity index (χ0n) is 17.0. The van der Waals surface area contributed by atoms with Crippen LogP contribution in [0.1, 0.15) is 34.6 Å². The van der Waals surface area contributed by atoms with E-state index in [1.165, 1.54) is 12.1 Å². The molecule has 6 nitrogen and oxygen atoms in total. The van der Waals surface area contributed by atoms with Crippen molar-refractivity contribution in [3.05, 3.63) is 77.2 Å². The maximum Gasteiger partial charge on any atom is 0.254 e. The summed E-state index contributed by atoms with van der Waals surface area (Å²) in [6.45, 7) is 2.39. The van der Waals surface area contributed by atoms with Gasteiger partial charge < -0.3 is 4.90 Å². The largest absolute Gasteiger partial charge is 0.330 e. The average Bonchev–Trinajstić information content (AvgIpc) is 3.09. The van der Waals surface area contributed by atoms with Crippen molar-refractivity contribution in [2.45, 2.75) is 19.4 Å². The maximum atomic E-state index is 13.8. The summed E-state index contributed by atoms with van der Waals surface area (Å²) < 4.78 is 29.2. The van der Waals surface area contributed by atoms with Gasteiger partial charge in [0.15, 0.2) is 0 Å². The van der Waals surface area contributed by atoms with Gasteiger partial charge in [0.05, 0.1) is 28.5 Å². The highest BCUT2D eigenvalue weighted by molar-refractivity contribution is 5.97. The molecule has 1 aliphatic rings. The molecule has 0 radical (unpaired) electrons. The fraction of sp³-hybridized carbons (Fsp3) is 0.217. The van der Waals surface area contributed by atoms with Crippen LogP contribution in [-0.4, -0.2) is 37.1 Å². The van der Waals surface area contributed by atoms with E-state index in [-0.39, 0.29) is 11.9 Å². The molecule has 1 atom stereocenters. The van der Waals surface area contributed by atoms with Crippen molar-refractivity contribution in [1.82, 2.24) is 24.6 Å². The first-order chi connectivity index (χ1) is 14.9. The van der Waals surface area contributed by atoms with Crippen LogP contribution in [0.2, 0.25) is 0 Å². The van der Waals surface area contributed by atoms with Crippen LogP contribution in [0, 0.1) is 11.6 Å². The van der Waals surface area contributed by atoms with Gasteiger partial charge in [0.25, 0.3) is 5.91 Å². The second-order valence-electron chi connectivity index (χ2n) is 7.68. The highest BCUT2D eigenvalue weighted by atomic mass is 19.1. The first-order valence-corrected chi connectivity index (χ1v) is 9.96. The average molecular weight is 419 g/mol. The van der Waals surface area contributed by atoms with E-state index in [1.807, 2.05) is 6.92 Å². The molecule has 2 aromatic carbocycles. The van der Waals surface area contributed by atoms with Crippen molar-refractivity contribution in [2.24, 2.45) is 7.05 Å². The lowest BCUT2D eigenvalue weighted by Gasteiger charge is -2.33. The molecular weight excluding hydrogens is 400 g/mol. The fourth-order valence-electron chi connectivity index (χ4n) is 4.34. The Morgan fingerprint density at radius 3 is 2.48 bits per heavy atom. The highest BCUT2D eigenvalue weighted by Gasteiger charge is 2.33. The van der Waals surface area contributed by atoms with Crippen molar-refractivity contribution < 1.29 is 13.6 Å². The molecule has 2 aromatic heterocycles. The van der Waals surface area contributed by atoms with Gasteiger partial charge in [0.2, 0.25) is 0 Å². The van der Waals surface area contributed by atoms with Crippen LogP contribution in [0.25, 0.3) is 22.3 Å². The first kappa shape index (κ1) is 19.3. The van der Waals surface area contributed by atoms with Gasteiger partial charge in [-0.1, -0.05) is 0 Å². The monoisotopic (exact) mass is 419 g/mol. The molecule has 0 fully saturated rings. The predicted molar refractivity (Wildman–Crippen MR) is 111 cm³/mol. The van der Waals surface area contributed by atoms with E-state index >= 15 is 0 Å². The first-order valence-electron chi connectivity index (χ1n) is 9.96. The number of amides is 1. The minimum atomic E-state index is -0.634. The highest BCUT2D eigenvalue weighted by Crippen LogP contribution is 2.36. The Kier molecular flexibility index (Phi) is 4.50.